The van der Waals surface area contributed by atoms with Gasteiger partial charge in [0, 0.05) is 0 Å². The average Bonchev–Trinajstić information content (AvgIpc) is 2.53. The molecule has 0 aromatic carbocycles. The van der Waals surface area contributed by atoms with E-state index in [-0.39, 0.29) is 0 Å². The van der Waals surface area contributed by atoms with Crippen LogP contribution in [0.3, 0.4) is 0 Å². The smallest absolute Gasteiger partial charge is 0.336 e. The maximum atomic E-state index is 11.8. The average molecular weight is 228 g/mol. The third-order valence-electron chi connectivity index (χ3n) is 3.47. The molecule has 0 N–H and O–H groups in total. The van der Waals surface area contributed by atoms with E-state index in [1.165, 1.54) is 21.1 Å². The molecule has 90 valence electrons. The molecule has 1 aliphatic heterocycles. The van der Waals surface area contributed by atoms with Crippen LogP contribution in [-0.2, 0) is 19.1 Å². The van der Waals surface area contributed by atoms with Gasteiger partial charge in [-0.05, 0) is 20.8 Å². The summed E-state index contributed by atoms with van der Waals surface area (Å²) in [6.07, 6.45) is 0. The normalized spacial score (nSPS) is 37.2. The van der Waals surface area contributed by atoms with Crippen LogP contribution in [0.1, 0.15) is 20.8 Å². The minimum absolute atomic E-state index is 0.427. The Kier molecular flexibility index (Phi) is 3.03. The molecule has 0 aliphatic carbocycles. The molecule has 0 spiro atoms. The highest BCUT2D eigenvalue weighted by Crippen LogP contribution is 2.46. The van der Waals surface area contributed by atoms with E-state index in [2.05, 4.69) is 15.0 Å². The number of esters is 2. The van der Waals surface area contributed by atoms with Crippen LogP contribution in [-0.4, -0.2) is 37.7 Å². The lowest BCUT2D eigenvalue weighted by molar-refractivity contribution is -0.165. The van der Waals surface area contributed by atoms with E-state index in [0.717, 1.165) is 0 Å². The minimum Gasteiger partial charge on any atom is -0.468 e. The second kappa shape index (κ2) is 3.84. The molecule has 0 saturated heterocycles. The summed E-state index contributed by atoms with van der Waals surface area (Å²) in [5.41, 5.74) is -2.46. The van der Waals surface area contributed by atoms with E-state index in [4.69, 9.17) is 4.74 Å². The molecule has 6 heteroatoms. The molecular weight excluding hydrogens is 212 g/mol. The number of hydrogen-bond donors (Lipinski definition) is 0. The van der Waals surface area contributed by atoms with Crippen molar-refractivity contribution < 1.29 is 19.1 Å². The summed E-state index contributed by atoms with van der Waals surface area (Å²) in [4.78, 5) is 23.6. The monoisotopic (exact) mass is 228 g/mol. The molecule has 0 unspecified atom stereocenters. The van der Waals surface area contributed by atoms with Gasteiger partial charge in [0.1, 0.15) is 5.41 Å². The largest absolute Gasteiger partial charge is 0.468 e. The van der Waals surface area contributed by atoms with Crippen LogP contribution in [0, 0.1) is 5.41 Å². The lowest BCUT2D eigenvalue weighted by Gasteiger charge is -2.34. The van der Waals surface area contributed by atoms with Crippen LogP contribution in [0.4, 0.5) is 0 Å². The maximum absolute atomic E-state index is 11.8. The van der Waals surface area contributed by atoms with Crippen molar-refractivity contribution in [1.82, 2.24) is 0 Å². The third-order valence-corrected chi connectivity index (χ3v) is 3.47. The van der Waals surface area contributed by atoms with Crippen LogP contribution in [0.15, 0.2) is 10.2 Å². The Morgan fingerprint density at radius 3 is 2.06 bits per heavy atom. The molecule has 0 amide bonds. The van der Waals surface area contributed by atoms with E-state index >= 15 is 0 Å². The van der Waals surface area contributed by atoms with E-state index in [1.807, 2.05) is 0 Å². The van der Waals surface area contributed by atoms with E-state index in [1.54, 1.807) is 13.8 Å². The summed E-state index contributed by atoms with van der Waals surface area (Å²) in [7, 11) is 2.53. The second-order valence-electron chi connectivity index (χ2n) is 4.15. The molecule has 1 rings (SSSR count). The first-order valence-electron chi connectivity index (χ1n) is 4.93. The maximum Gasteiger partial charge on any atom is 0.336 e. The van der Waals surface area contributed by atoms with Gasteiger partial charge in [-0.15, -0.1) is 0 Å². The zero-order chi connectivity index (χ0) is 12.6. The Bertz CT molecular complexity index is 355. The minimum atomic E-state index is -1.33. The molecule has 0 bridgehead atoms. The van der Waals surface area contributed by atoms with Gasteiger partial charge in [-0.3, -0.25) is 4.79 Å². The number of hydrogen-bond acceptors (Lipinski definition) is 6. The van der Waals surface area contributed by atoms with Gasteiger partial charge in [0.2, 0.25) is 0 Å². The molecule has 0 aromatic rings. The summed E-state index contributed by atoms with van der Waals surface area (Å²) in [5.74, 6) is -1.11. The summed E-state index contributed by atoms with van der Waals surface area (Å²) in [6, 6.07) is -0.427. The summed E-state index contributed by atoms with van der Waals surface area (Å²) in [6.45, 7) is 4.86. The van der Waals surface area contributed by atoms with Crippen molar-refractivity contribution >= 4 is 11.9 Å². The van der Waals surface area contributed by atoms with E-state index in [9.17, 15) is 9.59 Å². The summed E-state index contributed by atoms with van der Waals surface area (Å²) >= 11 is 0. The van der Waals surface area contributed by atoms with Crippen molar-refractivity contribution in [3.05, 3.63) is 0 Å². The molecule has 3 atom stereocenters. The standard InChI is InChI=1S/C10H16N2O4/c1-6-9(2,7(13)15-4)10(3,12-11-6)8(14)16-5/h6H,1-5H3/t6-,9-,10+/m1/s1. The molecule has 0 fully saturated rings. The predicted octanol–water partition coefficient (Wildman–Crippen LogP) is 0.952. The van der Waals surface area contributed by atoms with E-state index < -0.39 is 28.9 Å². The fourth-order valence-corrected chi connectivity index (χ4v) is 1.86. The third kappa shape index (κ3) is 1.32. The van der Waals surface area contributed by atoms with Gasteiger partial charge in [0.15, 0.2) is 5.54 Å². The van der Waals surface area contributed by atoms with Gasteiger partial charge < -0.3 is 9.47 Å². The number of carbonyl (C=O) groups is 2. The van der Waals surface area contributed by atoms with Gasteiger partial charge in [-0.25, -0.2) is 4.79 Å². The topological polar surface area (TPSA) is 77.3 Å². The SMILES string of the molecule is COC(=O)[C@]1(C)N=N[C@H](C)[C@]1(C)C(=O)OC. The highest BCUT2D eigenvalue weighted by atomic mass is 16.5. The Labute approximate surface area is 94.0 Å². The Morgan fingerprint density at radius 1 is 1.12 bits per heavy atom. The lowest BCUT2D eigenvalue weighted by Crippen LogP contribution is -2.55. The molecule has 0 aromatic heterocycles. The van der Waals surface area contributed by atoms with Crippen LogP contribution in [0.5, 0.6) is 0 Å². The number of carbonyl (C=O) groups excluding carboxylic acids is 2. The van der Waals surface area contributed by atoms with Crippen molar-refractivity contribution in [2.45, 2.75) is 32.4 Å². The quantitative estimate of drug-likeness (QED) is 0.659. The first-order valence-corrected chi connectivity index (χ1v) is 4.93. The van der Waals surface area contributed by atoms with Crippen molar-refractivity contribution in [2.75, 3.05) is 14.2 Å². The fourth-order valence-electron chi connectivity index (χ4n) is 1.86. The van der Waals surface area contributed by atoms with E-state index in [0.29, 0.717) is 0 Å². The zero-order valence-electron chi connectivity index (χ0n) is 10.1. The molecule has 0 radical (unpaired) electrons. The molecule has 16 heavy (non-hydrogen) atoms. The predicted molar refractivity (Wildman–Crippen MR) is 54.9 cm³/mol. The van der Waals surface area contributed by atoms with Gasteiger partial charge in [-0.1, -0.05) is 0 Å². The molecular formula is C10H16N2O4. The Hall–Kier alpha value is -1.46. The number of ether oxygens (including phenoxy) is 2. The van der Waals surface area contributed by atoms with Gasteiger partial charge in [0.25, 0.3) is 0 Å². The Morgan fingerprint density at radius 2 is 1.62 bits per heavy atom. The van der Waals surface area contributed by atoms with Crippen LogP contribution >= 0.6 is 0 Å². The highest BCUT2D eigenvalue weighted by molar-refractivity contribution is 5.92. The van der Waals surface area contributed by atoms with Crippen LogP contribution in [0.25, 0.3) is 0 Å². The van der Waals surface area contributed by atoms with Crippen LogP contribution < -0.4 is 0 Å². The number of nitrogens with zero attached hydrogens (tertiary/aromatic N) is 2. The highest BCUT2D eigenvalue weighted by Gasteiger charge is 2.64. The first-order chi connectivity index (χ1) is 7.34. The lowest BCUT2D eigenvalue weighted by atomic mass is 9.69. The summed E-state index contributed by atoms with van der Waals surface area (Å²) in [5, 5.41) is 7.80. The summed E-state index contributed by atoms with van der Waals surface area (Å²) < 4.78 is 9.41. The molecule has 1 heterocycles. The number of azo groups is 1. The molecule has 0 saturated carbocycles. The fraction of sp³-hybridized carbons (Fsp3) is 0.800. The van der Waals surface area contributed by atoms with Gasteiger partial charge >= 0.3 is 11.9 Å². The Balaban J connectivity index is 3.24. The van der Waals surface area contributed by atoms with Crippen molar-refractivity contribution in [2.24, 2.45) is 15.6 Å². The van der Waals surface area contributed by atoms with Crippen molar-refractivity contribution in [1.29, 1.82) is 0 Å². The first kappa shape index (κ1) is 12.6. The van der Waals surface area contributed by atoms with Crippen molar-refractivity contribution in [3.63, 3.8) is 0 Å². The van der Waals surface area contributed by atoms with Crippen molar-refractivity contribution in [3.8, 4) is 0 Å². The number of methoxy groups -OCH3 is 2. The van der Waals surface area contributed by atoms with Crippen LogP contribution in [0.2, 0.25) is 0 Å². The zero-order valence-corrected chi connectivity index (χ0v) is 10.1. The second-order valence-corrected chi connectivity index (χ2v) is 4.15. The molecule has 1 aliphatic rings. The van der Waals surface area contributed by atoms with Gasteiger partial charge in [-0.2, -0.15) is 10.2 Å². The molecule has 6 nitrogen and oxygen atoms in total. The van der Waals surface area contributed by atoms with Gasteiger partial charge in [0.05, 0.1) is 20.3 Å². The number of rotatable bonds is 2.